The smallest absolute Gasteiger partial charge is 0.343 e. The first kappa shape index (κ1) is 16.4. The number of hydrogen-bond donors (Lipinski definition) is 0. The molecule has 0 saturated carbocycles. The summed E-state index contributed by atoms with van der Waals surface area (Å²) in [5.74, 6) is -0.114. The van der Waals surface area contributed by atoms with Gasteiger partial charge in [-0.25, -0.2) is 9.48 Å². The Morgan fingerprint density at radius 3 is 2.48 bits per heavy atom. The molecule has 0 aliphatic rings. The molecule has 0 radical (unpaired) electrons. The molecule has 0 N–H and O–H groups in total. The molecule has 25 heavy (non-hydrogen) atoms. The lowest BCUT2D eigenvalue weighted by Gasteiger charge is -2.15. The zero-order chi connectivity index (χ0) is 17.8. The highest BCUT2D eigenvalue weighted by molar-refractivity contribution is 5.92. The van der Waals surface area contributed by atoms with Crippen molar-refractivity contribution in [1.82, 2.24) is 9.78 Å². The maximum Gasteiger partial charge on any atom is 0.343 e. The molecule has 0 atom stereocenters. The number of nitrogens with zero attached hydrogens (tertiary/aromatic N) is 3. The topological polar surface area (TPSA) is 64.4 Å². The van der Waals surface area contributed by atoms with Gasteiger partial charge in [0.15, 0.2) is 0 Å². The summed E-state index contributed by atoms with van der Waals surface area (Å²) in [6.45, 7) is 1.49. The zero-order valence-corrected chi connectivity index (χ0v) is 13.9. The van der Waals surface area contributed by atoms with Gasteiger partial charge in [-0.1, -0.05) is 6.07 Å². The predicted molar refractivity (Wildman–Crippen MR) is 94.0 cm³/mol. The summed E-state index contributed by atoms with van der Waals surface area (Å²) in [4.78, 5) is 25.2. The molecule has 3 aromatic rings. The van der Waals surface area contributed by atoms with E-state index in [0.29, 0.717) is 11.3 Å². The second kappa shape index (κ2) is 7.00. The van der Waals surface area contributed by atoms with Crippen LogP contribution in [0.15, 0.2) is 67.0 Å². The summed E-state index contributed by atoms with van der Waals surface area (Å²) in [6.07, 6.45) is 3.47. The van der Waals surface area contributed by atoms with Crippen LogP contribution in [-0.4, -0.2) is 28.7 Å². The van der Waals surface area contributed by atoms with Crippen molar-refractivity contribution >= 4 is 17.6 Å². The first-order valence-corrected chi connectivity index (χ1v) is 7.71. The first-order valence-electron chi connectivity index (χ1n) is 7.71. The molecule has 0 spiro atoms. The quantitative estimate of drug-likeness (QED) is 0.543. The number of rotatable bonds is 4. The van der Waals surface area contributed by atoms with Gasteiger partial charge in [-0.3, -0.25) is 4.79 Å². The van der Waals surface area contributed by atoms with Crippen LogP contribution < -0.4 is 9.64 Å². The number of ether oxygens (including phenoxy) is 1. The summed E-state index contributed by atoms with van der Waals surface area (Å²) in [5, 5.41) is 4.14. The van der Waals surface area contributed by atoms with Gasteiger partial charge in [-0.05, 0) is 48.5 Å². The lowest BCUT2D eigenvalue weighted by Crippen LogP contribution is -2.22. The zero-order valence-electron chi connectivity index (χ0n) is 13.9. The van der Waals surface area contributed by atoms with Crippen LogP contribution in [0.5, 0.6) is 5.75 Å². The Morgan fingerprint density at radius 1 is 1.08 bits per heavy atom. The Kier molecular flexibility index (Phi) is 4.61. The molecule has 0 fully saturated rings. The third-order valence-corrected chi connectivity index (χ3v) is 3.76. The van der Waals surface area contributed by atoms with Crippen molar-refractivity contribution in [3.8, 4) is 11.4 Å². The molecule has 1 heterocycles. The highest BCUT2D eigenvalue weighted by Crippen LogP contribution is 2.20. The van der Waals surface area contributed by atoms with Gasteiger partial charge in [0, 0.05) is 32.1 Å². The Morgan fingerprint density at radius 2 is 1.84 bits per heavy atom. The van der Waals surface area contributed by atoms with E-state index in [1.54, 1.807) is 66.6 Å². The predicted octanol–water partition coefficient (Wildman–Crippen LogP) is 3.07. The van der Waals surface area contributed by atoms with Crippen LogP contribution >= 0.6 is 0 Å². The number of anilines is 1. The highest BCUT2D eigenvalue weighted by atomic mass is 16.5. The molecule has 6 nitrogen and oxygen atoms in total. The van der Waals surface area contributed by atoms with Gasteiger partial charge in [0.25, 0.3) is 0 Å². The molecular weight excluding hydrogens is 318 g/mol. The van der Waals surface area contributed by atoms with Crippen molar-refractivity contribution in [3.63, 3.8) is 0 Å². The average Bonchev–Trinajstić information content (AvgIpc) is 3.16. The Hall–Kier alpha value is -3.41. The number of hydrogen-bond acceptors (Lipinski definition) is 4. The van der Waals surface area contributed by atoms with Crippen molar-refractivity contribution in [2.75, 3.05) is 11.9 Å². The van der Waals surface area contributed by atoms with Crippen LogP contribution in [0.25, 0.3) is 5.69 Å². The fourth-order valence-corrected chi connectivity index (χ4v) is 2.28. The second-order valence-electron chi connectivity index (χ2n) is 5.46. The van der Waals surface area contributed by atoms with E-state index in [-0.39, 0.29) is 5.91 Å². The average molecular weight is 335 g/mol. The SMILES string of the molecule is CC(=O)N(C)c1ccc(OC(=O)c2cccc(-n3cccn3)c2)cc1. The van der Waals surface area contributed by atoms with E-state index in [9.17, 15) is 9.59 Å². The van der Waals surface area contributed by atoms with Crippen LogP contribution in [0.1, 0.15) is 17.3 Å². The van der Waals surface area contributed by atoms with Gasteiger partial charge < -0.3 is 9.64 Å². The Balaban J connectivity index is 1.74. The van der Waals surface area contributed by atoms with E-state index >= 15 is 0 Å². The van der Waals surface area contributed by atoms with Crippen LogP contribution in [0.4, 0.5) is 5.69 Å². The summed E-state index contributed by atoms with van der Waals surface area (Å²) >= 11 is 0. The van der Waals surface area contributed by atoms with Crippen molar-refractivity contribution in [2.45, 2.75) is 6.92 Å². The van der Waals surface area contributed by atoms with Crippen LogP contribution in [0, 0.1) is 0 Å². The highest BCUT2D eigenvalue weighted by Gasteiger charge is 2.11. The Labute approximate surface area is 145 Å². The summed E-state index contributed by atoms with van der Waals surface area (Å²) < 4.78 is 7.07. The summed E-state index contributed by atoms with van der Waals surface area (Å²) in [5.41, 5.74) is 1.93. The van der Waals surface area contributed by atoms with Crippen molar-refractivity contribution < 1.29 is 14.3 Å². The molecule has 0 aliphatic carbocycles. The third-order valence-electron chi connectivity index (χ3n) is 3.76. The fraction of sp³-hybridized carbons (Fsp3) is 0.105. The maximum atomic E-state index is 12.3. The summed E-state index contributed by atoms with van der Waals surface area (Å²) in [6, 6.07) is 15.6. The van der Waals surface area contributed by atoms with E-state index < -0.39 is 5.97 Å². The molecule has 1 aromatic heterocycles. The second-order valence-corrected chi connectivity index (χ2v) is 5.46. The van der Waals surface area contributed by atoms with E-state index in [2.05, 4.69) is 5.10 Å². The van der Waals surface area contributed by atoms with E-state index in [0.717, 1.165) is 11.4 Å². The molecule has 0 aliphatic heterocycles. The molecule has 6 heteroatoms. The minimum absolute atomic E-state index is 0.0693. The van der Waals surface area contributed by atoms with Gasteiger partial charge in [0.05, 0.1) is 11.3 Å². The lowest BCUT2D eigenvalue weighted by atomic mass is 10.2. The Bertz CT molecular complexity index is 887. The molecule has 0 saturated heterocycles. The van der Waals surface area contributed by atoms with Gasteiger partial charge in [-0.2, -0.15) is 5.10 Å². The standard InChI is InChI=1S/C19H17N3O3/c1-14(23)21(2)16-7-9-18(10-8-16)25-19(24)15-5-3-6-17(13-15)22-12-4-11-20-22/h3-13H,1-2H3. The first-order chi connectivity index (χ1) is 12.0. The molecule has 2 aromatic carbocycles. The molecule has 0 bridgehead atoms. The van der Waals surface area contributed by atoms with Gasteiger partial charge in [-0.15, -0.1) is 0 Å². The summed E-state index contributed by atoms with van der Waals surface area (Å²) in [7, 11) is 1.68. The minimum atomic E-state index is -0.457. The van der Waals surface area contributed by atoms with Crippen LogP contribution in [0.2, 0.25) is 0 Å². The van der Waals surface area contributed by atoms with E-state index in [1.165, 1.54) is 11.8 Å². The van der Waals surface area contributed by atoms with Crippen molar-refractivity contribution in [1.29, 1.82) is 0 Å². The van der Waals surface area contributed by atoms with Crippen molar-refractivity contribution in [2.24, 2.45) is 0 Å². The maximum absolute atomic E-state index is 12.3. The molecule has 126 valence electrons. The van der Waals surface area contributed by atoms with Gasteiger partial charge in [0.2, 0.25) is 5.91 Å². The molecule has 1 amide bonds. The lowest BCUT2D eigenvalue weighted by molar-refractivity contribution is -0.116. The van der Waals surface area contributed by atoms with Gasteiger partial charge >= 0.3 is 5.97 Å². The number of carbonyl (C=O) groups excluding carboxylic acids is 2. The van der Waals surface area contributed by atoms with Crippen LogP contribution in [-0.2, 0) is 4.79 Å². The largest absolute Gasteiger partial charge is 0.423 e. The number of carbonyl (C=O) groups is 2. The van der Waals surface area contributed by atoms with Gasteiger partial charge in [0.1, 0.15) is 5.75 Å². The number of aromatic nitrogens is 2. The monoisotopic (exact) mass is 335 g/mol. The minimum Gasteiger partial charge on any atom is -0.423 e. The van der Waals surface area contributed by atoms with Crippen LogP contribution in [0.3, 0.4) is 0 Å². The number of esters is 1. The molecular formula is C19H17N3O3. The fourth-order valence-electron chi connectivity index (χ4n) is 2.28. The van der Waals surface area contributed by atoms with Crippen molar-refractivity contribution in [3.05, 3.63) is 72.6 Å². The number of benzene rings is 2. The molecule has 3 rings (SSSR count). The van der Waals surface area contributed by atoms with E-state index in [4.69, 9.17) is 4.74 Å². The third kappa shape index (κ3) is 3.74. The number of amides is 1. The van der Waals surface area contributed by atoms with E-state index in [1.807, 2.05) is 12.1 Å². The molecule has 0 unspecified atom stereocenters. The normalized spacial score (nSPS) is 10.3.